The molecule has 0 aliphatic rings. The number of halogens is 1. The Labute approximate surface area is 117 Å². The number of carbonyl (C=O) groups is 1. The average molecular weight is 276 g/mol. The van der Waals surface area contributed by atoms with Crippen molar-refractivity contribution < 1.29 is 9.53 Å². The zero-order valence-corrected chi connectivity index (χ0v) is 11.2. The van der Waals surface area contributed by atoms with Crippen molar-refractivity contribution in [3.8, 4) is 5.75 Å². The number of benzene rings is 2. The summed E-state index contributed by atoms with van der Waals surface area (Å²) in [6.07, 6.45) is -0.478. The molecule has 0 aromatic heterocycles. The van der Waals surface area contributed by atoms with Crippen molar-refractivity contribution in [1.82, 2.24) is 5.32 Å². The van der Waals surface area contributed by atoms with E-state index in [0.717, 1.165) is 5.56 Å². The minimum atomic E-state index is -0.478. The lowest BCUT2D eigenvalue weighted by Gasteiger charge is -2.14. The summed E-state index contributed by atoms with van der Waals surface area (Å²) < 4.78 is 5.15. The quantitative estimate of drug-likeness (QED) is 0.912. The monoisotopic (exact) mass is 275 g/mol. The maximum atomic E-state index is 11.7. The van der Waals surface area contributed by atoms with Crippen molar-refractivity contribution in [2.45, 2.75) is 13.0 Å². The lowest BCUT2D eigenvalue weighted by molar-refractivity contribution is 0.197. The van der Waals surface area contributed by atoms with E-state index in [4.69, 9.17) is 16.3 Å². The molecule has 0 saturated heterocycles. The number of hydrogen-bond donors (Lipinski definition) is 1. The maximum absolute atomic E-state index is 11.7. The molecule has 2 aromatic rings. The molecular formula is C15H14ClNO2. The fraction of sp³-hybridized carbons (Fsp3) is 0.133. The van der Waals surface area contributed by atoms with Gasteiger partial charge in [0.1, 0.15) is 5.75 Å². The predicted molar refractivity (Wildman–Crippen MR) is 75.5 cm³/mol. The third kappa shape index (κ3) is 4.00. The summed E-state index contributed by atoms with van der Waals surface area (Å²) in [5, 5.41) is 3.43. The Morgan fingerprint density at radius 3 is 2.37 bits per heavy atom. The highest BCUT2D eigenvalue weighted by molar-refractivity contribution is 6.30. The van der Waals surface area contributed by atoms with E-state index in [1.54, 1.807) is 24.3 Å². The summed E-state index contributed by atoms with van der Waals surface area (Å²) in [6.45, 7) is 1.88. The smallest absolute Gasteiger partial charge is 0.410 e. The lowest BCUT2D eigenvalue weighted by atomic mass is 10.1. The first-order chi connectivity index (χ1) is 9.15. The second-order valence-electron chi connectivity index (χ2n) is 4.12. The van der Waals surface area contributed by atoms with E-state index in [-0.39, 0.29) is 6.04 Å². The van der Waals surface area contributed by atoms with Gasteiger partial charge in [0.15, 0.2) is 0 Å². The molecule has 1 N–H and O–H groups in total. The number of rotatable bonds is 3. The number of ether oxygens (including phenoxy) is 1. The summed E-state index contributed by atoms with van der Waals surface area (Å²) in [4.78, 5) is 11.7. The van der Waals surface area contributed by atoms with Crippen LogP contribution < -0.4 is 10.1 Å². The SMILES string of the molecule is C[C@H](NC(=O)Oc1ccccc1)c1ccc(Cl)cc1. The predicted octanol–water partition coefficient (Wildman–Crippen LogP) is 4.19. The Balaban J connectivity index is 1.93. The largest absolute Gasteiger partial charge is 0.413 e. The Hall–Kier alpha value is -2.00. The molecule has 0 heterocycles. The Morgan fingerprint density at radius 1 is 1.11 bits per heavy atom. The van der Waals surface area contributed by atoms with Crippen LogP contribution in [-0.2, 0) is 0 Å². The first-order valence-corrected chi connectivity index (χ1v) is 6.32. The summed E-state index contributed by atoms with van der Waals surface area (Å²) in [5.41, 5.74) is 0.967. The standard InChI is InChI=1S/C15H14ClNO2/c1-11(12-7-9-13(16)10-8-12)17-15(18)19-14-5-3-2-4-6-14/h2-11H,1H3,(H,17,18)/t11-/m0/s1. The normalized spacial score (nSPS) is 11.7. The molecule has 98 valence electrons. The van der Waals surface area contributed by atoms with Crippen molar-refractivity contribution in [2.75, 3.05) is 0 Å². The van der Waals surface area contributed by atoms with Crippen LogP contribution in [0.3, 0.4) is 0 Å². The van der Waals surface area contributed by atoms with E-state index in [2.05, 4.69) is 5.32 Å². The van der Waals surface area contributed by atoms with Crippen LogP contribution in [-0.4, -0.2) is 6.09 Å². The summed E-state index contributed by atoms with van der Waals surface area (Å²) >= 11 is 5.82. The Kier molecular flexibility index (Phi) is 4.42. The third-order valence-electron chi connectivity index (χ3n) is 2.66. The van der Waals surface area contributed by atoms with E-state index in [0.29, 0.717) is 10.8 Å². The molecule has 0 bridgehead atoms. The third-order valence-corrected chi connectivity index (χ3v) is 2.91. The van der Waals surface area contributed by atoms with Crippen molar-refractivity contribution in [3.05, 3.63) is 65.2 Å². The number of hydrogen-bond acceptors (Lipinski definition) is 2. The van der Waals surface area contributed by atoms with Gasteiger partial charge < -0.3 is 10.1 Å². The molecular weight excluding hydrogens is 262 g/mol. The molecule has 0 spiro atoms. The molecule has 2 rings (SSSR count). The summed E-state index contributed by atoms with van der Waals surface area (Å²) in [5.74, 6) is 0.517. The number of para-hydroxylation sites is 1. The molecule has 1 atom stereocenters. The van der Waals surface area contributed by atoms with E-state index in [1.807, 2.05) is 37.3 Å². The summed E-state index contributed by atoms with van der Waals surface area (Å²) in [6, 6.07) is 16.1. The van der Waals surface area contributed by atoms with E-state index >= 15 is 0 Å². The minimum absolute atomic E-state index is 0.145. The van der Waals surface area contributed by atoms with Crippen LogP contribution >= 0.6 is 11.6 Å². The zero-order valence-electron chi connectivity index (χ0n) is 10.5. The van der Waals surface area contributed by atoms with Gasteiger partial charge in [-0.05, 0) is 36.8 Å². The van der Waals surface area contributed by atoms with Crippen molar-refractivity contribution in [3.63, 3.8) is 0 Å². The second-order valence-corrected chi connectivity index (χ2v) is 4.56. The molecule has 0 radical (unpaired) electrons. The topological polar surface area (TPSA) is 38.3 Å². The fourth-order valence-corrected chi connectivity index (χ4v) is 1.76. The maximum Gasteiger partial charge on any atom is 0.413 e. The molecule has 0 fully saturated rings. The molecule has 0 saturated carbocycles. The first-order valence-electron chi connectivity index (χ1n) is 5.94. The van der Waals surface area contributed by atoms with Gasteiger partial charge in [0.05, 0.1) is 6.04 Å². The fourth-order valence-electron chi connectivity index (χ4n) is 1.64. The molecule has 4 heteroatoms. The molecule has 19 heavy (non-hydrogen) atoms. The van der Waals surface area contributed by atoms with Crippen LogP contribution in [0.15, 0.2) is 54.6 Å². The van der Waals surface area contributed by atoms with Gasteiger partial charge in [-0.1, -0.05) is 41.9 Å². The van der Waals surface area contributed by atoms with Crippen LogP contribution in [0.1, 0.15) is 18.5 Å². The van der Waals surface area contributed by atoms with Gasteiger partial charge in [0, 0.05) is 5.02 Å². The molecule has 1 amide bonds. The zero-order chi connectivity index (χ0) is 13.7. The van der Waals surface area contributed by atoms with Crippen molar-refractivity contribution in [2.24, 2.45) is 0 Å². The van der Waals surface area contributed by atoms with Gasteiger partial charge in [0.2, 0.25) is 0 Å². The first kappa shape index (κ1) is 13.4. The van der Waals surface area contributed by atoms with Crippen LogP contribution in [0.5, 0.6) is 5.75 Å². The van der Waals surface area contributed by atoms with Gasteiger partial charge in [-0.2, -0.15) is 0 Å². The van der Waals surface area contributed by atoms with Crippen LogP contribution in [0.4, 0.5) is 4.79 Å². The highest BCUT2D eigenvalue weighted by Crippen LogP contribution is 2.16. The molecule has 3 nitrogen and oxygen atoms in total. The summed E-state index contributed by atoms with van der Waals surface area (Å²) in [7, 11) is 0. The van der Waals surface area contributed by atoms with Crippen LogP contribution in [0, 0.1) is 0 Å². The molecule has 0 aliphatic carbocycles. The molecule has 2 aromatic carbocycles. The van der Waals surface area contributed by atoms with Gasteiger partial charge in [-0.15, -0.1) is 0 Å². The number of nitrogens with one attached hydrogen (secondary N) is 1. The molecule has 0 aliphatic heterocycles. The van der Waals surface area contributed by atoms with E-state index in [1.165, 1.54) is 0 Å². The second kappa shape index (κ2) is 6.25. The van der Waals surface area contributed by atoms with Gasteiger partial charge in [-0.3, -0.25) is 0 Å². The van der Waals surface area contributed by atoms with Gasteiger partial charge in [0.25, 0.3) is 0 Å². The average Bonchev–Trinajstić information content (AvgIpc) is 2.40. The Bertz CT molecular complexity index is 540. The highest BCUT2D eigenvalue weighted by atomic mass is 35.5. The number of carbonyl (C=O) groups excluding carboxylic acids is 1. The van der Waals surface area contributed by atoms with Crippen LogP contribution in [0.2, 0.25) is 5.02 Å². The van der Waals surface area contributed by atoms with E-state index in [9.17, 15) is 4.79 Å². The van der Waals surface area contributed by atoms with E-state index < -0.39 is 6.09 Å². The number of amides is 1. The molecule has 0 unspecified atom stereocenters. The van der Waals surface area contributed by atoms with Crippen molar-refractivity contribution >= 4 is 17.7 Å². The Morgan fingerprint density at radius 2 is 1.74 bits per heavy atom. The van der Waals surface area contributed by atoms with Gasteiger partial charge >= 0.3 is 6.09 Å². The lowest BCUT2D eigenvalue weighted by Crippen LogP contribution is -2.29. The van der Waals surface area contributed by atoms with Gasteiger partial charge in [-0.25, -0.2) is 4.79 Å². The minimum Gasteiger partial charge on any atom is -0.410 e. The highest BCUT2D eigenvalue weighted by Gasteiger charge is 2.10. The van der Waals surface area contributed by atoms with Crippen LogP contribution in [0.25, 0.3) is 0 Å². The van der Waals surface area contributed by atoms with Crippen molar-refractivity contribution in [1.29, 1.82) is 0 Å².